The summed E-state index contributed by atoms with van der Waals surface area (Å²) in [5.74, 6) is -0.193. The molecule has 4 heteroatoms. The van der Waals surface area contributed by atoms with Gasteiger partial charge in [-0.25, -0.2) is 4.39 Å². The number of hydrogen-bond donors (Lipinski definition) is 0. The minimum absolute atomic E-state index is 0.130. The predicted molar refractivity (Wildman–Crippen MR) is 115 cm³/mol. The molecular formula is C25H29FN2O. The second kappa shape index (κ2) is 10.1. The fraction of sp³-hybridized carbons (Fsp3) is 0.320. The summed E-state index contributed by atoms with van der Waals surface area (Å²) in [5, 5.41) is 0. The number of nitrogens with zero attached hydrogens (tertiary/aromatic N) is 2. The molecule has 0 saturated heterocycles. The van der Waals surface area contributed by atoms with Gasteiger partial charge >= 0.3 is 0 Å². The van der Waals surface area contributed by atoms with Crippen LogP contribution < -0.4 is 0 Å². The van der Waals surface area contributed by atoms with Crippen LogP contribution in [0.2, 0.25) is 0 Å². The molecule has 1 aromatic heterocycles. The lowest BCUT2D eigenvalue weighted by Gasteiger charge is -2.27. The zero-order valence-corrected chi connectivity index (χ0v) is 17.2. The molecule has 0 unspecified atom stereocenters. The Kier molecular flexibility index (Phi) is 7.23. The zero-order chi connectivity index (χ0) is 20.6. The Balaban J connectivity index is 1.79. The lowest BCUT2D eigenvalue weighted by Crippen LogP contribution is -2.36. The molecule has 1 heterocycles. The summed E-state index contributed by atoms with van der Waals surface area (Å²) in [6.45, 7) is 6.01. The summed E-state index contributed by atoms with van der Waals surface area (Å²) in [7, 11) is 0. The van der Waals surface area contributed by atoms with E-state index in [2.05, 4.69) is 18.4 Å². The number of rotatable bonds is 9. The average Bonchev–Trinajstić information content (AvgIpc) is 3.15. The highest BCUT2D eigenvalue weighted by atomic mass is 19.1. The number of halogens is 1. The van der Waals surface area contributed by atoms with Crippen LogP contribution in [0.4, 0.5) is 4.39 Å². The van der Waals surface area contributed by atoms with E-state index in [1.54, 1.807) is 12.1 Å². The molecule has 152 valence electrons. The summed E-state index contributed by atoms with van der Waals surface area (Å²) >= 11 is 0. The predicted octanol–water partition coefficient (Wildman–Crippen LogP) is 5.61. The second-order valence-corrected chi connectivity index (χ2v) is 7.39. The van der Waals surface area contributed by atoms with E-state index in [9.17, 15) is 9.18 Å². The average molecular weight is 393 g/mol. The third-order valence-corrected chi connectivity index (χ3v) is 5.23. The minimum atomic E-state index is -0.229. The van der Waals surface area contributed by atoms with Crippen molar-refractivity contribution in [1.29, 1.82) is 0 Å². The van der Waals surface area contributed by atoms with Crippen LogP contribution in [0.5, 0.6) is 0 Å². The molecule has 0 fully saturated rings. The maximum atomic E-state index is 13.5. The van der Waals surface area contributed by atoms with Gasteiger partial charge < -0.3 is 9.47 Å². The smallest absolute Gasteiger partial charge is 0.230 e. The van der Waals surface area contributed by atoms with Crippen molar-refractivity contribution in [1.82, 2.24) is 9.47 Å². The Morgan fingerprint density at radius 2 is 1.83 bits per heavy atom. The Bertz CT molecular complexity index is 919. The minimum Gasteiger partial charge on any atom is -0.345 e. The fourth-order valence-electron chi connectivity index (χ4n) is 3.77. The molecule has 0 bridgehead atoms. The van der Waals surface area contributed by atoms with E-state index in [1.807, 2.05) is 59.6 Å². The molecule has 3 rings (SSSR count). The van der Waals surface area contributed by atoms with Gasteiger partial charge in [-0.3, -0.25) is 4.79 Å². The van der Waals surface area contributed by atoms with Crippen molar-refractivity contribution in [2.24, 2.45) is 0 Å². The molecule has 1 atom stereocenters. The van der Waals surface area contributed by atoms with E-state index in [4.69, 9.17) is 0 Å². The lowest BCUT2D eigenvalue weighted by atomic mass is 9.95. The largest absolute Gasteiger partial charge is 0.345 e. The molecule has 0 radical (unpaired) electrons. The fourth-order valence-corrected chi connectivity index (χ4v) is 3.77. The van der Waals surface area contributed by atoms with Crippen molar-refractivity contribution in [3.63, 3.8) is 0 Å². The molecule has 0 N–H and O–H groups in total. The first-order valence-electron chi connectivity index (χ1n) is 10.3. The van der Waals surface area contributed by atoms with Gasteiger partial charge in [0.25, 0.3) is 0 Å². The van der Waals surface area contributed by atoms with Gasteiger partial charge in [0.2, 0.25) is 5.91 Å². The van der Waals surface area contributed by atoms with Crippen LogP contribution in [0.3, 0.4) is 0 Å². The van der Waals surface area contributed by atoms with Crippen LogP contribution in [0, 0.1) is 5.82 Å². The van der Waals surface area contributed by atoms with Gasteiger partial charge in [0.15, 0.2) is 0 Å². The Morgan fingerprint density at radius 3 is 2.52 bits per heavy atom. The first kappa shape index (κ1) is 20.8. The Labute approximate surface area is 172 Å². The van der Waals surface area contributed by atoms with E-state index in [1.165, 1.54) is 6.07 Å². The summed E-state index contributed by atoms with van der Waals surface area (Å²) in [4.78, 5) is 15.3. The molecule has 2 aromatic carbocycles. The monoisotopic (exact) mass is 392 g/mol. The zero-order valence-electron chi connectivity index (χ0n) is 17.2. The van der Waals surface area contributed by atoms with Gasteiger partial charge in [-0.15, -0.1) is 0 Å². The van der Waals surface area contributed by atoms with Crippen LogP contribution in [0.1, 0.15) is 49.4 Å². The van der Waals surface area contributed by atoms with Gasteiger partial charge in [0.05, 0.1) is 12.5 Å². The number of amides is 1. The number of hydrogen-bond acceptors (Lipinski definition) is 1. The molecule has 3 aromatic rings. The molecule has 0 aliphatic carbocycles. The highest BCUT2D eigenvalue weighted by Crippen LogP contribution is 2.23. The van der Waals surface area contributed by atoms with Gasteiger partial charge in [0.1, 0.15) is 5.82 Å². The molecule has 0 aliphatic rings. The molecule has 1 amide bonds. The topological polar surface area (TPSA) is 25.2 Å². The van der Waals surface area contributed by atoms with Crippen molar-refractivity contribution in [3.8, 4) is 0 Å². The maximum Gasteiger partial charge on any atom is 0.230 e. The molecule has 3 nitrogen and oxygen atoms in total. The van der Waals surface area contributed by atoms with E-state index in [-0.39, 0.29) is 17.6 Å². The van der Waals surface area contributed by atoms with Crippen LogP contribution in [0.15, 0.2) is 72.9 Å². The van der Waals surface area contributed by atoms with E-state index >= 15 is 0 Å². The van der Waals surface area contributed by atoms with Crippen LogP contribution in [0.25, 0.3) is 0 Å². The first-order chi connectivity index (χ1) is 14.1. The molecule has 0 spiro atoms. The maximum absolute atomic E-state index is 13.5. The van der Waals surface area contributed by atoms with E-state index in [0.29, 0.717) is 19.6 Å². The highest BCUT2D eigenvalue weighted by molar-refractivity contribution is 5.83. The van der Waals surface area contributed by atoms with Gasteiger partial charge in [-0.05, 0) is 48.2 Å². The van der Waals surface area contributed by atoms with Crippen molar-refractivity contribution in [3.05, 3.63) is 95.6 Å². The number of carbonyl (C=O) groups excluding carboxylic acids is 1. The lowest BCUT2D eigenvalue weighted by molar-refractivity contribution is -0.133. The van der Waals surface area contributed by atoms with Crippen molar-refractivity contribution in [2.45, 2.75) is 45.7 Å². The SMILES string of the molecule is CCCN(Cc1cccn1Cc1cccc(F)c1)C(=O)[C@H](CC)c1ccccc1. The summed E-state index contributed by atoms with van der Waals surface area (Å²) in [5.41, 5.74) is 3.03. The van der Waals surface area contributed by atoms with Crippen LogP contribution in [-0.2, 0) is 17.9 Å². The quantitative estimate of drug-likeness (QED) is 0.465. The summed E-state index contributed by atoms with van der Waals surface area (Å²) < 4.78 is 15.6. The first-order valence-corrected chi connectivity index (χ1v) is 10.3. The summed E-state index contributed by atoms with van der Waals surface area (Å²) in [6, 6.07) is 20.7. The van der Waals surface area contributed by atoms with Crippen molar-refractivity contribution in [2.75, 3.05) is 6.54 Å². The summed E-state index contributed by atoms with van der Waals surface area (Å²) in [6.07, 6.45) is 3.66. The van der Waals surface area contributed by atoms with E-state index in [0.717, 1.165) is 29.7 Å². The second-order valence-electron chi connectivity index (χ2n) is 7.39. The number of benzene rings is 2. The van der Waals surface area contributed by atoms with Crippen molar-refractivity contribution >= 4 is 5.91 Å². The van der Waals surface area contributed by atoms with Crippen molar-refractivity contribution < 1.29 is 9.18 Å². The number of aromatic nitrogens is 1. The van der Waals surface area contributed by atoms with Crippen LogP contribution >= 0.6 is 0 Å². The Morgan fingerprint density at radius 1 is 1.03 bits per heavy atom. The standard InChI is InChI=1S/C25H29FN2O/c1-3-15-28(25(29)24(4-2)21-11-6-5-7-12-21)19-23-14-9-16-27(23)18-20-10-8-13-22(26)17-20/h5-14,16-17,24H,3-4,15,18-19H2,1-2H3/t24-/m1/s1. The normalized spacial score (nSPS) is 12.0. The highest BCUT2D eigenvalue weighted by Gasteiger charge is 2.24. The molecular weight excluding hydrogens is 363 g/mol. The molecule has 0 saturated carbocycles. The van der Waals surface area contributed by atoms with E-state index < -0.39 is 0 Å². The van der Waals surface area contributed by atoms with Gasteiger partial charge in [-0.1, -0.05) is 56.3 Å². The molecule has 0 aliphatic heterocycles. The number of carbonyl (C=O) groups is 1. The Hall–Kier alpha value is -2.88. The van der Waals surface area contributed by atoms with Gasteiger partial charge in [-0.2, -0.15) is 0 Å². The third-order valence-electron chi connectivity index (χ3n) is 5.23. The molecule has 29 heavy (non-hydrogen) atoms. The van der Waals surface area contributed by atoms with Gasteiger partial charge in [0, 0.05) is 25.0 Å². The third kappa shape index (κ3) is 5.35. The van der Waals surface area contributed by atoms with Crippen LogP contribution in [-0.4, -0.2) is 21.9 Å².